The molecule has 0 radical (unpaired) electrons. The summed E-state index contributed by atoms with van der Waals surface area (Å²) in [4.78, 5) is 35.9. The lowest BCUT2D eigenvalue weighted by molar-refractivity contribution is -0.131. The predicted octanol–water partition coefficient (Wildman–Crippen LogP) is 4.33. The molecule has 0 saturated carbocycles. The summed E-state index contributed by atoms with van der Waals surface area (Å²) in [6, 6.07) is 19.4. The first-order chi connectivity index (χ1) is 15.4. The van der Waals surface area contributed by atoms with Gasteiger partial charge in [-0.2, -0.15) is 0 Å². The Morgan fingerprint density at radius 1 is 0.969 bits per heavy atom. The van der Waals surface area contributed by atoms with Gasteiger partial charge in [-0.1, -0.05) is 42.5 Å². The first-order valence-electron chi connectivity index (χ1n) is 9.80. The molecule has 3 rings (SSSR count). The molecule has 0 fully saturated rings. The number of amides is 2. The molecule has 162 valence electrons. The molecule has 0 bridgehead atoms. The normalized spacial score (nSPS) is 10.6. The highest BCUT2D eigenvalue weighted by atomic mass is 19.1. The average molecular weight is 432 g/mol. The summed E-state index contributed by atoms with van der Waals surface area (Å²) < 4.78 is 18.7. The van der Waals surface area contributed by atoms with E-state index in [1.165, 1.54) is 31.2 Å². The number of anilines is 1. The summed E-state index contributed by atoms with van der Waals surface area (Å²) in [7, 11) is 0. The van der Waals surface area contributed by atoms with Gasteiger partial charge in [0.25, 0.3) is 5.91 Å². The first kappa shape index (κ1) is 22.4. The van der Waals surface area contributed by atoms with E-state index in [4.69, 9.17) is 4.74 Å². The molecule has 32 heavy (non-hydrogen) atoms. The number of nitrogens with one attached hydrogen (secondary N) is 2. The Morgan fingerprint density at radius 2 is 1.72 bits per heavy atom. The van der Waals surface area contributed by atoms with Crippen LogP contribution in [-0.4, -0.2) is 17.8 Å². The molecule has 0 aliphatic carbocycles. The number of hydrogen-bond donors (Lipinski definition) is 2. The molecular formula is C25H21FN2O4. The van der Waals surface area contributed by atoms with Gasteiger partial charge in [-0.15, -0.1) is 0 Å². The van der Waals surface area contributed by atoms with Crippen LogP contribution in [-0.2, 0) is 16.1 Å². The maximum Gasteiger partial charge on any atom is 0.308 e. The minimum absolute atomic E-state index is 0.157. The van der Waals surface area contributed by atoms with Gasteiger partial charge in [-0.25, -0.2) is 4.39 Å². The molecule has 3 aromatic rings. The van der Waals surface area contributed by atoms with E-state index in [0.717, 1.165) is 0 Å². The number of carbonyl (C=O) groups excluding carboxylic acids is 3. The number of hydrogen-bond acceptors (Lipinski definition) is 4. The zero-order valence-electron chi connectivity index (χ0n) is 17.3. The van der Waals surface area contributed by atoms with Gasteiger partial charge in [0.05, 0.1) is 0 Å². The Kier molecular flexibility index (Phi) is 7.48. The van der Waals surface area contributed by atoms with Crippen LogP contribution in [0.4, 0.5) is 10.1 Å². The van der Waals surface area contributed by atoms with Crippen LogP contribution >= 0.6 is 0 Å². The van der Waals surface area contributed by atoms with E-state index in [2.05, 4.69) is 10.6 Å². The van der Waals surface area contributed by atoms with Crippen molar-refractivity contribution in [2.75, 3.05) is 5.32 Å². The van der Waals surface area contributed by atoms with Crippen LogP contribution in [0, 0.1) is 5.82 Å². The van der Waals surface area contributed by atoms with E-state index in [9.17, 15) is 18.8 Å². The second-order valence-corrected chi connectivity index (χ2v) is 6.81. The molecule has 0 aromatic heterocycles. The number of para-hydroxylation sites is 1. The van der Waals surface area contributed by atoms with Crippen LogP contribution in [0.15, 0.2) is 78.9 Å². The van der Waals surface area contributed by atoms with Crippen LogP contribution < -0.4 is 15.4 Å². The van der Waals surface area contributed by atoms with Gasteiger partial charge in [-0.05, 0) is 42.0 Å². The van der Waals surface area contributed by atoms with E-state index in [1.807, 2.05) is 0 Å². The standard InChI is InChI=1S/C25H21FN2O4/c1-17(29)32-21-10-6-9-19(15-21)25(31)28-23-12-5-3-8-20(23)16-27-24(30)14-13-18-7-2-4-11-22(18)26/h2-15H,16H2,1H3,(H,27,30)(H,28,31)/b14-13+. The van der Waals surface area contributed by atoms with Crippen molar-refractivity contribution in [2.24, 2.45) is 0 Å². The van der Waals surface area contributed by atoms with E-state index in [0.29, 0.717) is 22.4 Å². The van der Waals surface area contributed by atoms with Crippen LogP contribution in [0.3, 0.4) is 0 Å². The lowest BCUT2D eigenvalue weighted by Gasteiger charge is -2.12. The van der Waals surface area contributed by atoms with Crippen molar-refractivity contribution in [3.63, 3.8) is 0 Å². The maximum atomic E-state index is 13.6. The summed E-state index contributed by atoms with van der Waals surface area (Å²) in [6.07, 6.45) is 2.65. The lowest BCUT2D eigenvalue weighted by Crippen LogP contribution is -2.22. The molecule has 2 N–H and O–H groups in total. The van der Waals surface area contributed by atoms with Gasteiger partial charge >= 0.3 is 5.97 Å². The fraction of sp³-hybridized carbons (Fsp3) is 0.0800. The van der Waals surface area contributed by atoms with Crippen LogP contribution in [0.2, 0.25) is 0 Å². The third-order valence-corrected chi connectivity index (χ3v) is 4.40. The molecule has 0 aliphatic heterocycles. The third kappa shape index (κ3) is 6.37. The molecular weight excluding hydrogens is 411 g/mol. The number of halogens is 1. The summed E-state index contributed by atoms with van der Waals surface area (Å²) in [5.41, 5.74) is 1.83. The average Bonchev–Trinajstić information content (AvgIpc) is 2.77. The number of carbonyl (C=O) groups is 3. The molecule has 6 nitrogen and oxygen atoms in total. The monoisotopic (exact) mass is 432 g/mol. The SMILES string of the molecule is CC(=O)Oc1cccc(C(=O)Nc2ccccc2CNC(=O)/C=C/c2ccccc2F)c1. The quantitative estimate of drug-likeness (QED) is 0.331. The number of esters is 1. The topological polar surface area (TPSA) is 84.5 Å². The Morgan fingerprint density at radius 3 is 2.50 bits per heavy atom. The van der Waals surface area contributed by atoms with Crippen molar-refractivity contribution < 1.29 is 23.5 Å². The lowest BCUT2D eigenvalue weighted by atomic mass is 10.1. The van der Waals surface area contributed by atoms with Gasteiger partial charge in [0, 0.05) is 36.4 Å². The second-order valence-electron chi connectivity index (χ2n) is 6.81. The van der Waals surface area contributed by atoms with Gasteiger partial charge in [0.2, 0.25) is 5.91 Å². The molecule has 0 saturated heterocycles. The van der Waals surface area contributed by atoms with Crippen molar-refractivity contribution in [3.8, 4) is 5.75 Å². The van der Waals surface area contributed by atoms with E-state index < -0.39 is 23.6 Å². The second kappa shape index (κ2) is 10.7. The third-order valence-electron chi connectivity index (χ3n) is 4.40. The summed E-state index contributed by atoms with van der Waals surface area (Å²) in [6.45, 7) is 1.44. The number of rotatable bonds is 7. The summed E-state index contributed by atoms with van der Waals surface area (Å²) >= 11 is 0. The molecule has 0 atom stereocenters. The highest BCUT2D eigenvalue weighted by Gasteiger charge is 2.11. The zero-order valence-corrected chi connectivity index (χ0v) is 17.3. The largest absolute Gasteiger partial charge is 0.427 e. The molecule has 0 unspecified atom stereocenters. The highest BCUT2D eigenvalue weighted by molar-refractivity contribution is 6.05. The van der Waals surface area contributed by atoms with E-state index >= 15 is 0 Å². The van der Waals surface area contributed by atoms with Crippen molar-refractivity contribution in [2.45, 2.75) is 13.5 Å². The van der Waals surface area contributed by atoms with Crippen molar-refractivity contribution >= 4 is 29.5 Å². The summed E-state index contributed by atoms with van der Waals surface area (Å²) in [5.74, 6) is -1.41. The predicted molar refractivity (Wildman–Crippen MR) is 119 cm³/mol. The molecule has 2 amide bonds. The van der Waals surface area contributed by atoms with Gasteiger partial charge in [-0.3, -0.25) is 14.4 Å². The molecule has 7 heteroatoms. The number of benzene rings is 3. The molecule has 0 spiro atoms. The maximum absolute atomic E-state index is 13.6. The van der Waals surface area contributed by atoms with Crippen molar-refractivity contribution in [3.05, 3.63) is 101 Å². The fourth-order valence-corrected chi connectivity index (χ4v) is 2.87. The van der Waals surface area contributed by atoms with Crippen LogP contribution in [0.1, 0.15) is 28.4 Å². The van der Waals surface area contributed by atoms with Crippen LogP contribution in [0.5, 0.6) is 5.75 Å². The Hall–Kier alpha value is -4.26. The smallest absolute Gasteiger partial charge is 0.308 e. The van der Waals surface area contributed by atoms with Crippen molar-refractivity contribution in [1.29, 1.82) is 0 Å². The van der Waals surface area contributed by atoms with Crippen molar-refractivity contribution in [1.82, 2.24) is 5.32 Å². The Labute approximate surface area is 184 Å². The Balaban J connectivity index is 1.64. The van der Waals surface area contributed by atoms with Gasteiger partial charge < -0.3 is 15.4 Å². The molecule has 0 heterocycles. The first-order valence-corrected chi connectivity index (χ1v) is 9.80. The highest BCUT2D eigenvalue weighted by Crippen LogP contribution is 2.19. The van der Waals surface area contributed by atoms with Gasteiger partial charge in [0.1, 0.15) is 11.6 Å². The molecule has 3 aromatic carbocycles. The van der Waals surface area contributed by atoms with Gasteiger partial charge in [0.15, 0.2) is 0 Å². The van der Waals surface area contributed by atoms with E-state index in [-0.39, 0.29) is 12.3 Å². The Bertz CT molecular complexity index is 1170. The fourth-order valence-electron chi connectivity index (χ4n) is 2.87. The molecule has 0 aliphatic rings. The minimum atomic E-state index is -0.479. The minimum Gasteiger partial charge on any atom is -0.427 e. The van der Waals surface area contributed by atoms with E-state index in [1.54, 1.807) is 60.7 Å². The number of ether oxygens (including phenoxy) is 1. The zero-order chi connectivity index (χ0) is 22.9. The summed E-state index contributed by atoms with van der Waals surface area (Å²) in [5, 5.41) is 5.51. The van der Waals surface area contributed by atoms with Crippen LogP contribution in [0.25, 0.3) is 6.08 Å².